The molecule has 0 saturated heterocycles. The molecule has 1 amide bonds. The Morgan fingerprint density at radius 2 is 2.00 bits per heavy atom. The van der Waals surface area contributed by atoms with Gasteiger partial charge in [0.25, 0.3) is 5.56 Å². The van der Waals surface area contributed by atoms with E-state index >= 15 is 0 Å². The molecule has 0 atom stereocenters. The van der Waals surface area contributed by atoms with Crippen LogP contribution in [0.1, 0.15) is 32.1 Å². The predicted octanol–water partition coefficient (Wildman–Crippen LogP) is 2.12. The van der Waals surface area contributed by atoms with Crippen molar-refractivity contribution in [3.05, 3.63) is 39.4 Å². The van der Waals surface area contributed by atoms with Gasteiger partial charge in [0.2, 0.25) is 5.91 Å². The van der Waals surface area contributed by atoms with Crippen LogP contribution in [0.4, 0.5) is 0 Å². The fourth-order valence-corrected chi connectivity index (χ4v) is 2.81. The fraction of sp³-hybridized carbons (Fsp3) is 0.471. The maximum absolute atomic E-state index is 12.5. The molecule has 0 aliphatic rings. The van der Waals surface area contributed by atoms with Crippen molar-refractivity contribution in [1.29, 1.82) is 0 Å². The van der Waals surface area contributed by atoms with Gasteiger partial charge >= 0.3 is 0 Å². The lowest BCUT2D eigenvalue weighted by Crippen LogP contribution is -2.24. The Hall–Kier alpha value is -1.99. The molecule has 7 heteroatoms. The maximum atomic E-state index is 12.5. The van der Waals surface area contributed by atoms with Gasteiger partial charge in [-0.2, -0.15) is 0 Å². The molecule has 24 heavy (non-hydrogen) atoms. The third-order valence-corrected chi connectivity index (χ3v) is 4.15. The summed E-state index contributed by atoms with van der Waals surface area (Å²) < 4.78 is 2.01. The fourth-order valence-electron chi connectivity index (χ4n) is 2.53. The van der Waals surface area contributed by atoms with Gasteiger partial charge in [0.05, 0.1) is 10.9 Å². The van der Waals surface area contributed by atoms with Crippen molar-refractivity contribution in [2.24, 2.45) is 0 Å². The Morgan fingerprint density at radius 1 is 1.21 bits per heavy atom. The van der Waals surface area contributed by atoms with E-state index in [0.29, 0.717) is 36.1 Å². The molecule has 1 aromatic carbocycles. The third-order valence-electron chi connectivity index (χ3n) is 3.83. The van der Waals surface area contributed by atoms with Crippen LogP contribution in [0.3, 0.4) is 0 Å². The summed E-state index contributed by atoms with van der Waals surface area (Å²) in [6.45, 7) is 1.14. The zero-order chi connectivity index (χ0) is 17.4. The SMILES string of the molecule is O=C(CCCCCn1c(=S)[nH]c2ccccc2c1=O)NCCCO. The van der Waals surface area contributed by atoms with Crippen molar-refractivity contribution in [2.45, 2.75) is 38.6 Å². The number of hydrogen-bond acceptors (Lipinski definition) is 4. The van der Waals surface area contributed by atoms with E-state index in [-0.39, 0.29) is 18.1 Å². The lowest BCUT2D eigenvalue weighted by atomic mass is 10.2. The van der Waals surface area contributed by atoms with E-state index in [9.17, 15) is 9.59 Å². The molecule has 1 aromatic heterocycles. The number of para-hydroxylation sites is 1. The number of unbranched alkanes of at least 4 members (excludes halogenated alkanes) is 2. The standard InChI is InChI=1S/C17H23N3O3S/c21-12-6-10-18-15(22)9-2-1-5-11-20-16(23)13-7-3-4-8-14(13)19-17(20)24/h3-4,7-8,21H,1-2,5-6,9-12H2,(H,18,22)(H,19,24). The number of aliphatic hydroxyl groups excluding tert-OH is 1. The first kappa shape index (κ1) is 18.4. The van der Waals surface area contributed by atoms with E-state index in [2.05, 4.69) is 10.3 Å². The van der Waals surface area contributed by atoms with Crippen LogP contribution >= 0.6 is 12.2 Å². The van der Waals surface area contributed by atoms with Gasteiger partial charge in [-0.05, 0) is 43.6 Å². The predicted molar refractivity (Wildman–Crippen MR) is 96.6 cm³/mol. The highest BCUT2D eigenvalue weighted by Gasteiger charge is 2.05. The lowest BCUT2D eigenvalue weighted by Gasteiger charge is -2.08. The molecule has 0 aliphatic heterocycles. The topological polar surface area (TPSA) is 87.1 Å². The van der Waals surface area contributed by atoms with Crippen molar-refractivity contribution in [3.8, 4) is 0 Å². The lowest BCUT2D eigenvalue weighted by molar-refractivity contribution is -0.121. The number of hydrogen-bond donors (Lipinski definition) is 3. The summed E-state index contributed by atoms with van der Waals surface area (Å²) >= 11 is 5.27. The highest BCUT2D eigenvalue weighted by atomic mass is 32.1. The monoisotopic (exact) mass is 349 g/mol. The summed E-state index contributed by atoms with van der Waals surface area (Å²) in [6.07, 6.45) is 3.45. The molecule has 3 N–H and O–H groups in total. The van der Waals surface area contributed by atoms with Gasteiger partial charge in [-0.15, -0.1) is 0 Å². The minimum absolute atomic E-state index is 0.00335. The Labute approximate surface area is 145 Å². The maximum Gasteiger partial charge on any atom is 0.262 e. The average Bonchev–Trinajstić information content (AvgIpc) is 2.57. The summed E-state index contributed by atoms with van der Waals surface area (Å²) in [6, 6.07) is 7.33. The number of H-pyrrole nitrogens is 1. The summed E-state index contributed by atoms with van der Waals surface area (Å²) in [5, 5.41) is 12.0. The molecule has 0 saturated carbocycles. The summed E-state index contributed by atoms with van der Waals surface area (Å²) in [7, 11) is 0. The molecule has 2 rings (SSSR count). The molecule has 2 aromatic rings. The first-order valence-corrected chi connectivity index (χ1v) is 8.63. The van der Waals surface area contributed by atoms with Crippen LogP contribution in [0.2, 0.25) is 0 Å². The number of aromatic amines is 1. The van der Waals surface area contributed by atoms with Crippen LogP contribution in [0, 0.1) is 4.77 Å². The zero-order valence-electron chi connectivity index (χ0n) is 13.6. The number of nitrogens with one attached hydrogen (secondary N) is 2. The second-order valence-electron chi connectivity index (χ2n) is 5.67. The van der Waals surface area contributed by atoms with E-state index in [1.54, 1.807) is 10.6 Å². The Bertz CT molecular complexity index is 798. The zero-order valence-corrected chi connectivity index (χ0v) is 14.4. The van der Waals surface area contributed by atoms with E-state index in [0.717, 1.165) is 24.8 Å². The normalized spacial score (nSPS) is 10.9. The number of rotatable bonds is 9. The molecule has 0 fully saturated rings. The summed E-state index contributed by atoms with van der Waals surface area (Å²) in [5.41, 5.74) is 0.680. The number of carbonyl (C=O) groups excluding carboxylic acids is 1. The van der Waals surface area contributed by atoms with Crippen LogP contribution in [0.5, 0.6) is 0 Å². The number of benzene rings is 1. The van der Waals surface area contributed by atoms with Gasteiger partial charge in [0.1, 0.15) is 0 Å². The molecule has 6 nitrogen and oxygen atoms in total. The van der Waals surface area contributed by atoms with Gasteiger partial charge in [0, 0.05) is 26.1 Å². The Balaban J connectivity index is 1.83. The molecule has 0 aliphatic carbocycles. The minimum atomic E-state index is -0.0731. The molecular weight excluding hydrogens is 326 g/mol. The van der Waals surface area contributed by atoms with Crippen molar-refractivity contribution >= 4 is 29.0 Å². The average molecular weight is 349 g/mol. The van der Waals surface area contributed by atoms with Crippen molar-refractivity contribution < 1.29 is 9.90 Å². The molecule has 1 heterocycles. The van der Waals surface area contributed by atoms with Crippen molar-refractivity contribution in [2.75, 3.05) is 13.2 Å². The minimum Gasteiger partial charge on any atom is -0.396 e. The first-order chi connectivity index (χ1) is 11.6. The highest BCUT2D eigenvalue weighted by molar-refractivity contribution is 7.71. The third kappa shape index (κ3) is 5.01. The molecule has 0 spiro atoms. The van der Waals surface area contributed by atoms with Gasteiger partial charge in [0.15, 0.2) is 4.77 Å². The van der Waals surface area contributed by atoms with Crippen LogP contribution in [0.25, 0.3) is 10.9 Å². The van der Waals surface area contributed by atoms with Crippen LogP contribution in [-0.2, 0) is 11.3 Å². The molecule has 130 valence electrons. The first-order valence-electron chi connectivity index (χ1n) is 8.23. The van der Waals surface area contributed by atoms with Gasteiger partial charge in [-0.1, -0.05) is 18.6 Å². The van der Waals surface area contributed by atoms with E-state index < -0.39 is 0 Å². The Morgan fingerprint density at radius 3 is 2.79 bits per heavy atom. The number of nitrogens with zero attached hydrogens (tertiary/aromatic N) is 1. The number of fused-ring (bicyclic) bond motifs is 1. The molecule has 0 bridgehead atoms. The number of aromatic nitrogens is 2. The largest absolute Gasteiger partial charge is 0.396 e. The van der Waals surface area contributed by atoms with E-state index in [1.807, 2.05) is 18.2 Å². The molecular formula is C17H23N3O3S. The summed E-state index contributed by atoms with van der Waals surface area (Å²) in [4.78, 5) is 27.1. The van der Waals surface area contributed by atoms with E-state index in [1.165, 1.54) is 0 Å². The van der Waals surface area contributed by atoms with Gasteiger partial charge in [-0.3, -0.25) is 14.2 Å². The molecule has 0 radical (unpaired) electrons. The summed E-state index contributed by atoms with van der Waals surface area (Å²) in [5.74, 6) is 0.00335. The smallest absolute Gasteiger partial charge is 0.262 e. The quantitative estimate of drug-likeness (QED) is 0.478. The second kappa shape index (κ2) is 9.34. The van der Waals surface area contributed by atoms with Crippen molar-refractivity contribution in [3.63, 3.8) is 0 Å². The van der Waals surface area contributed by atoms with E-state index in [4.69, 9.17) is 17.3 Å². The van der Waals surface area contributed by atoms with Crippen molar-refractivity contribution in [1.82, 2.24) is 14.9 Å². The van der Waals surface area contributed by atoms with Crippen LogP contribution < -0.4 is 10.9 Å². The molecule has 0 unspecified atom stereocenters. The van der Waals surface area contributed by atoms with Gasteiger partial charge < -0.3 is 15.4 Å². The van der Waals surface area contributed by atoms with Gasteiger partial charge in [-0.25, -0.2) is 0 Å². The number of aliphatic hydroxyl groups is 1. The second-order valence-corrected chi connectivity index (χ2v) is 6.06. The van der Waals surface area contributed by atoms with Crippen LogP contribution in [0.15, 0.2) is 29.1 Å². The highest BCUT2D eigenvalue weighted by Crippen LogP contribution is 2.07. The Kier molecular flexibility index (Phi) is 7.14. The number of carbonyl (C=O) groups is 1. The van der Waals surface area contributed by atoms with Crippen LogP contribution in [-0.4, -0.2) is 33.7 Å². The number of amides is 1.